The van der Waals surface area contributed by atoms with Crippen molar-refractivity contribution >= 4 is 16.6 Å². The summed E-state index contributed by atoms with van der Waals surface area (Å²) in [5.74, 6) is 0. The van der Waals surface area contributed by atoms with Crippen LogP contribution < -0.4 is 5.32 Å². The summed E-state index contributed by atoms with van der Waals surface area (Å²) >= 11 is 0. The van der Waals surface area contributed by atoms with Gasteiger partial charge in [-0.05, 0) is 48.7 Å². The summed E-state index contributed by atoms with van der Waals surface area (Å²) in [4.78, 5) is 4.49. The number of hydrogen-bond acceptors (Lipinski definition) is 2. The highest BCUT2D eigenvalue weighted by Gasteiger charge is 2.02. The normalized spacial score (nSPS) is 10.7. The topological polar surface area (TPSA) is 24.9 Å². The summed E-state index contributed by atoms with van der Waals surface area (Å²) in [6, 6.07) is 16.9. The Kier molecular flexibility index (Phi) is 3.38. The van der Waals surface area contributed by atoms with Crippen LogP contribution >= 0.6 is 0 Å². The van der Waals surface area contributed by atoms with Crippen molar-refractivity contribution in [3.63, 3.8) is 0 Å². The third-order valence-electron chi connectivity index (χ3n) is 3.42. The lowest BCUT2D eigenvalue weighted by atomic mass is 10.1. The van der Waals surface area contributed by atoms with Crippen LogP contribution in [0.5, 0.6) is 0 Å². The Balaban J connectivity index is 1.87. The van der Waals surface area contributed by atoms with Crippen molar-refractivity contribution < 1.29 is 0 Å². The highest BCUT2D eigenvalue weighted by molar-refractivity contribution is 5.81. The molecule has 0 saturated heterocycles. The van der Waals surface area contributed by atoms with Crippen molar-refractivity contribution in [3.8, 4) is 0 Å². The van der Waals surface area contributed by atoms with Gasteiger partial charge < -0.3 is 5.32 Å². The molecule has 2 aromatic carbocycles. The third-order valence-corrected chi connectivity index (χ3v) is 3.42. The van der Waals surface area contributed by atoms with Gasteiger partial charge in [-0.25, -0.2) is 0 Å². The lowest BCUT2D eigenvalue weighted by Gasteiger charge is -2.10. The minimum atomic E-state index is 0.789. The molecule has 0 spiro atoms. The molecule has 0 bridgehead atoms. The van der Waals surface area contributed by atoms with E-state index in [0.717, 1.165) is 17.7 Å². The Morgan fingerprint density at radius 1 is 0.950 bits per heavy atom. The maximum Gasteiger partial charge on any atom is 0.0751 e. The molecule has 0 aliphatic rings. The van der Waals surface area contributed by atoms with Crippen molar-refractivity contribution in [2.45, 2.75) is 20.4 Å². The van der Waals surface area contributed by atoms with E-state index in [0.29, 0.717) is 0 Å². The summed E-state index contributed by atoms with van der Waals surface area (Å²) in [5.41, 5.74) is 6.02. The highest BCUT2D eigenvalue weighted by atomic mass is 14.9. The molecule has 0 saturated carbocycles. The molecule has 20 heavy (non-hydrogen) atoms. The Morgan fingerprint density at radius 2 is 1.70 bits per heavy atom. The predicted octanol–water partition coefficient (Wildman–Crippen LogP) is 4.46. The highest BCUT2D eigenvalue weighted by Crippen LogP contribution is 2.19. The lowest BCUT2D eigenvalue weighted by Crippen LogP contribution is -2.01. The summed E-state index contributed by atoms with van der Waals surface area (Å²) in [6.07, 6.45) is 1.85. The minimum absolute atomic E-state index is 0.789. The molecule has 1 N–H and O–H groups in total. The van der Waals surface area contributed by atoms with Crippen LogP contribution in [-0.4, -0.2) is 4.98 Å². The van der Waals surface area contributed by atoms with Gasteiger partial charge in [0.25, 0.3) is 0 Å². The van der Waals surface area contributed by atoms with Gasteiger partial charge in [-0.1, -0.05) is 30.3 Å². The van der Waals surface area contributed by atoms with E-state index in [2.05, 4.69) is 66.6 Å². The monoisotopic (exact) mass is 262 g/mol. The van der Waals surface area contributed by atoms with E-state index >= 15 is 0 Å². The molecule has 0 unspecified atom stereocenters. The van der Waals surface area contributed by atoms with Crippen LogP contribution in [0.1, 0.15) is 16.7 Å². The van der Waals surface area contributed by atoms with Crippen molar-refractivity contribution in [3.05, 3.63) is 71.4 Å². The van der Waals surface area contributed by atoms with Crippen LogP contribution in [0.15, 0.2) is 54.7 Å². The fourth-order valence-electron chi connectivity index (χ4n) is 2.58. The maximum atomic E-state index is 4.49. The van der Waals surface area contributed by atoms with Crippen molar-refractivity contribution in [1.29, 1.82) is 0 Å². The summed E-state index contributed by atoms with van der Waals surface area (Å²) in [6.45, 7) is 5.03. The van der Waals surface area contributed by atoms with E-state index in [-0.39, 0.29) is 0 Å². The van der Waals surface area contributed by atoms with Gasteiger partial charge in [0.1, 0.15) is 0 Å². The number of nitrogens with one attached hydrogen (secondary N) is 1. The second kappa shape index (κ2) is 5.33. The Morgan fingerprint density at radius 3 is 2.50 bits per heavy atom. The van der Waals surface area contributed by atoms with Gasteiger partial charge in [-0.2, -0.15) is 0 Å². The van der Waals surface area contributed by atoms with Crippen molar-refractivity contribution in [2.75, 3.05) is 5.32 Å². The summed E-state index contributed by atoms with van der Waals surface area (Å²) in [7, 11) is 0. The minimum Gasteiger partial charge on any atom is -0.381 e. The number of para-hydroxylation sites is 1. The van der Waals surface area contributed by atoms with Crippen LogP contribution in [0.3, 0.4) is 0 Å². The van der Waals surface area contributed by atoms with Gasteiger partial charge in [0.05, 0.1) is 5.52 Å². The largest absolute Gasteiger partial charge is 0.381 e. The molecule has 2 nitrogen and oxygen atoms in total. The van der Waals surface area contributed by atoms with Crippen LogP contribution in [-0.2, 0) is 6.54 Å². The molecule has 3 aromatic rings. The van der Waals surface area contributed by atoms with Gasteiger partial charge in [-0.3, -0.25) is 4.98 Å². The van der Waals surface area contributed by atoms with Gasteiger partial charge >= 0.3 is 0 Å². The molecule has 0 fully saturated rings. The molecule has 0 aliphatic heterocycles. The van der Waals surface area contributed by atoms with Gasteiger partial charge in [0.2, 0.25) is 0 Å². The number of pyridine rings is 1. The zero-order valence-electron chi connectivity index (χ0n) is 11.9. The molecular weight excluding hydrogens is 244 g/mol. The van der Waals surface area contributed by atoms with E-state index in [1.165, 1.54) is 22.1 Å². The van der Waals surface area contributed by atoms with Gasteiger partial charge in [-0.15, -0.1) is 0 Å². The Bertz CT molecular complexity index is 722. The number of aromatic nitrogens is 1. The number of anilines is 1. The van der Waals surface area contributed by atoms with E-state index in [1.807, 2.05) is 12.3 Å². The molecule has 1 heterocycles. The van der Waals surface area contributed by atoms with Crippen LogP contribution in [0.4, 0.5) is 5.69 Å². The molecule has 0 aliphatic carbocycles. The molecule has 0 radical (unpaired) electrons. The first-order valence-corrected chi connectivity index (χ1v) is 6.87. The first-order chi connectivity index (χ1) is 9.72. The number of nitrogens with zero attached hydrogens (tertiary/aromatic N) is 1. The number of benzene rings is 2. The van der Waals surface area contributed by atoms with Gasteiger partial charge in [0, 0.05) is 23.8 Å². The van der Waals surface area contributed by atoms with Crippen LogP contribution in [0.2, 0.25) is 0 Å². The van der Waals surface area contributed by atoms with Gasteiger partial charge in [0.15, 0.2) is 0 Å². The first kappa shape index (κ1) is 12.7. The van der Waals surface area contributed by atoms with E-state index in [9.17, 15) is 0 Å². The molecule has 1 aromatic heterocycles. The van der Waals surface area contributed by atoms with E-state index in [1.54, 1.807) is 0 Å². The SMILES string of the molecule is Cc1cc(C)cc(NCc2cccc3cccnc23)c1. The second-order valence-corrected chi connectivity index (χ2v) is 5.22. The smallest absolute Gasteiger partial charge is 0.0751 e. The third kappa shape index (κ3) is 2.64. The van der Waals surface area contributed by atoms with Crippen LogP contribution in [0.25, 0.3) is 10.9 Å². The zero-order valence-corrected chi connectivity index (χ0v) is 11.9. The number of hydrogen-bond donors (Lipinski definition) is 1. The molecule has 2 heteroatoms. The number of fused-ring (bicyclic) bond motifs is 1. The van der Waals surface area contributed by atoms with Crippen molar-refractivity contribution in [2.24, 2.45) is 0 Å². The number of aryl methyl sites for hydroxylation is 2. The molecular formula is C18H18N2. The molecule has 100 valence electrons. The van der Waals surface area contributed by atoms with E-state index < -0.39 is 0 Å². The number of rotatable bonds is 3. The Labute approximate surface area is 119 Å². The maximum absolute atomic E-state index is 4.49. The van der Waals surface area contributed by atoms with Crippen LogP contribution in [0, 0.1) is 13.8 Å². The fourth-order valence-corrected chi connectivity index (χ4v) is 2.58. The fraction of sp³-hybridized carbons (Fsp3) is 0.167. The summed E-state index contributed by atoms with van der Waals surface area (Å²) in [5, 5.41) is 4.68. The first-order valence-electron chi connectivity index (χ1n) is 6.87. The summed E-state index contributed by atoms with van der Waals surface area (Å²) < 4.78 is 0. The lowest BCUT2D eigenvalue weighted by molar-refractivity contribution is 1.15. The second-order valence-electron chi connectivity index (χ2n) is 5.22. The molecule has 0 atom stereocenters. The predicted molar refractivity (Wildman–Crippen MR) is 85.0 cm³/mol. The average molecular weight is 262 g/mol. The Hall–Kier alpha value is -2.35. The molecule has 0 amide bonds. The zero-order chi connectivity index (χ0) is 13.9. The van der Waals surface area contributed by atoms with Crippen molar-refractivity contribution in [1.82, 2.24) is 4.98 Å². The quantitative estimate of drug-likeness (QED) is 0.753. The average Bonchev–Trinajstić information content (AvgIpc) is 2.44. The van der Waals surface area contributed by atoms with E-state index in [4.69, 9.17) is 0 Å². The standard InChI is InChI=1S/C18H18N2/c1-13-9-14(2)11-17(10-13)20-12-16-6-3-5-15-7-4-8-19-18(15)16/h3-11,20H,12H2,1-2H3. The molecule has 3 rings (SSSR count).